The Kier molecular flexibility index (Phi) is 7.53. The summed E-state index contributed by atoms with van der Waals surface area (Å²) in [5.74, 6) is -1.39. The van der Waals surface area contributed by atoms with Crippen LogP contribution in [0.15, 0.2) is 23.1 Å². The van der Waals surface area contributed by atoms with Gasteiger partial charge in [0.15, 0.2) is 18.1 Å². The van der Waals surface area contributed by atoms with Crippen molar-refractivity contribution in [1.82, 2.24) is 9.80 Å². The number of nitrogens with zero attached hydrogens (tertiary/aromatic N) is 2. The second kappa shape index (κ2) is 10.3. The lowest BCUT2D eigenvalue weighted by molar-refractivity contribution is -0.139. The molecule has 31 heavy (non-hydrogen) atoms. The molecular formula is C20H22N2O8S. The van der Waals surface area contributed by atoms with E-state index in [4.69, 9.17) is 19.3 Å². The molecule has 0 bridgehead atoms. The Hall–Kier alpha value is -3.05. The van der Waals surface area contributed by atoms with Crippen molar-refractivity contribution in [2.45, 2.75) is 6.92 Å². The smallest absolute Gasteiger partial charge is 0.341 e. The van der Waals surface area contributed by atoms with Crippen molar-refractivity contribution in [3.8, 4) is 11.5 Å². The summed E-state index contributed by atoms with van der Waals surface area (Å²) in [5, 5.41) is 8.27. The molecule has 2 aliphatic rings. The summed E-state index contributed by atoms with van der Waals surface area (Å²) in [6, 6.07) is 4.74. The van der Waals surface area contributed by atoms with Crippen LogP contribution >= 0.6 is 11.8 Å². The second-order valence-electron chi connectivity index (χ2n) is 6.58. The molecule has 0 spiro atoms. The monoisotopic (exact) mass is 450 g/mol. The van der Waals surface area contributed by atoms with Gasteiger partial charge in [-0.3, -0.25) is 19.3 Å². The number of rotatable bonds is 8. The average molecular weight is 450 g/mol. The van der Waals surface area contributed by atoms with Crippen molar-refractivity contribution in [3.05, 3.63) is 28.7 Å². The van der Waals surface area contributed by atoms with Gasteiger partial charge in [-0.15, -0.1) is 0 Å². The summed E-state index contributed by atoms with van der Waals surface area (Å²) in [6.45, 7) is 2.99. The molecule has 1 aromatic carbocycles. The maximum Gasteiger partial charge on any atom is 0.341 e. The molecule has 11 heteroatoms. The van der Waals surface area contributed by atoms with Crippen LogP contribution in [-0.2, 0) is 19.1 Å². The molecule has 2 heterocycles. The number of carbonyl (C=O) groups excluding carboxylic acids is 3. The molecule has 0 saturated carbocycles. The van der Waals surface area contributed by atoms with Crippen LogP contribution in [0.5, 0.6) is 11.5 Å². The van der Waals surface area contributed by atoms with E-state index in [2.05, 4.69) is 0 Å². The quantitative estimate of drug-likeness (QED) is 0.586. The van der Waals surface area contributed by atoms with Crippen LogP contribution in [0.25, 0.3) is 6.08 Å². The number of aliphatic carboxylic acids is 1. The third-order valence-electron chi connectivity index (χ3n) is 4.45. The van der Waals surface area contributed by atoms with Gasteiger partial charge in [0.1, 0.15) is 6.54 Å². The molecule has 0 unspecified atom stereocenters. The predicted octanol–water partition coefficient (Wildman–Crippen LogP) is 1.44. The van der Waals surface area contributed by atoms with Crippen molar-refractivity contribution < 1.29 is 38.5 Å². The van der Waals surface area contributed by atoms with Gasteiger partial charge in [0.2, 0.25) is 5.91 Å². The first-order chi connectivity index (χ1) is 14.9. The van der Waals surface area contributed by atoms with Gasteiger partial charge in [-0.2, -0.15) is 0 Å². The Bertz CT molecular complexity index is 910. The van der Waals surface area contributed by atoms with Crippen LogP contribution in [-0.4, -0.2) is 84.0 Å². The lowest BCUT2D eigenvalue weighted by Crippen LogP contribution is -2.46. The van der Waals surface area contributed by atoms with Crippen molar-refractivity contribution in [3.63, 3.8) is 0 Å². The van der Waals surface area contributed by atoms with Crippen LogP contribution in [0.3, 0.4) is 0 Å². The topological polar surface area (TPSA) is 123 Å². The lowest BCUT2D eigenvalue weighted by atomic mass is 10.2. The fourth-order valence-corrected chi connectivity index (χ4v) is 3.82. The number of amides is 3. The highest BCUT2D eigenvalue weighted by Gasteiger charge is 2.37. The number of benzene rings is 1. The van der Waals surface area contributed by atoms with Gasteiger partial charge in [-0.25, -0.2) is 4.79 Å². The molecule has 1 aromatic rings. The molecule has 166 valence electrons. The fourth-order valence-electron chi connectivity index (χ4n) is 2.98. The molecule has 2 fully saturated rings. The number of ether oxygens (including phenoxy) is 3. The number of morpholine rings is 1. The summed E-state index contributed by atoms with van der Waals surface area (Å²) in [7, 11) is 0. The van der Waals surface area contributed by atoms with Gasteiger partial charge in [0.25, 0.3) is 11.1 Å². The molecule has 1 N–H and O–H groups in total. The van der Waals surface area contributed by atoms with Crippen molar-refractivity contribution in [2.24, 2.45) is 0 Å². The number of carboxylic acid groups (broad SMARTS) is 1. The Morgan fingerprint density at radius 1 is 1.19 bits per heavy atom. The zero-order valence-electron chi connectivity index (χ0n) is 16.9. The number of thioether (sulfide) groups is 1. The first-order valence-electron chi connectivity index (χ1n) is 9.61. The molecule has 2 aliphatic heterocycles. The van der Waals surface area contributed by atoms with E-state index in [9.17, 15) is 19.2 Å². The van der Waals surface area contributed by atoms with Gasteiger partial charge >= 0.3 is 5.97 Å². The minimum atomic E-state index is -1.12. The Balaban J connectivity index is 1.73. The summed E-state index contributed by atoms with van der Waals surface area (Å²) in [6.07, 6.45) is 1.52. The highest BCUT2D eigenvalue weighted by Crippen LogP contribution is 2.34. The van der Waals surface area contributed by atoms with E-state index in [0.29, 0.717) is 44.2 Å². The van der Waals surface area contributed by atoms with E-state index >= 15 is 0 Å². The van der Waals surface area contributed by atoms with Gasteiger partial charge in [0, 0.05) is 13.1 Å². The van der Waals surface area contributed by atoms with Crippen molar-refractivity contribution in [2.75, 3.05) is 46.1 Å². The molecule has 3 rings (SSSR count). The average Bonchev–Trinajstić information content (AvgIpc) is 3.01. The molecular weight excluding hydrogens is 428 g/mol. The van der Waals surface area contributed by atoms with Gasteiger partial charge in [-0.05, 0) is 42.5 Å². The van der Waals surface area contributed by atoms with Gasteiger partial charge < -0.3 is 24.2 Å². The van der Waals surface area contributed by atoms with Gasteiger partial charge in [-0.1, -0.05) is 6.07 Å². The van der Waals surface area contributed by atoms with Gasteiger partial charge in [0.05, 0.1) is 24.7 Å². The lowest BCUT2D eigenvalue weighted by Gasteiger charge is -2.28. The zero-order chi connectivity index (χ0) is 22.4. The largest absolute Gasteiger partial charge is 0.490 e. The SMILES string of the molecule is CCOc1cc(/C=C2/SC(=O)N(CC(=O)N3CCOCC3)C2=O)ccc1OCC(=O)O. The minimum Gasteiger partial charge on any atom is -0.490 e. The van der Waals surface area contributed by atoms with Crippen molar-refractivity contribution >= 4 is 40.9 Å². The number of carbonyl (C=O) groups is 4. The second-order valence-corrected chi connectivity index (χ2v) is 7.58. The molecule has 2 saturated heterocycles. The van der Waals surface area contributed by atoms with E-state index in [1.807, 2.05) is 0 Å². The number of carboxylic acids is 1. The molecule has 0 aliphatic carbocycles. The predicted molar refractivity (Wildman–Crippen MR) is 111 cm³/mol. The fraction of sp³-hybridized carbons (Fsp3) is 0.400. The van der Waals surface area contributed by atoms with Crippen LogP contribution in [0, 0.1) is 0 Å². The zero-order valence-corrected chi connectivity index (χ0v) is 17.7. The van der Waals surface area contributed by atoms with Crippen molar-refractivity contribution in [1.29, 1.82) is 0 Å². The Morgan fingerprint density at radius 2 is 1.94 bits per heavy atom. The molecule has 0 aromatic heterocycles. The summed E-state index contributed by atoms with van der Waals surface area (Å²) in [4.78, 5) is 50.8. The first-order valence-corrected chi connectivity index (χ1v) is 10.4. The molecule has 0 radical (unpaired) electrons. The first kappa shape index (κ1) is 22.6. The van der Waals surface area contributed by atoms with E-state index in [-0.39, 0.29) is 23.1 Å². The Morgan fingerprint density at radius 3 is 2.61 bits per heavy atom. The number of hydrogen-bond acceptors (Lipinski definition) is 8. The van der Waals surface area contributed by atoms with E-state index < -0.39 is 23.7 Å². The van der Waals surface area contributed by atoms with E-state index in [1.54, 1.807) is 24.0 Å². The summed E-state index contributed by atoms with van der Waals surface area (Å²) < 4.78 is 15.9. The summed E-state index contributed by atoms with van der Waals surface area (Å²) in [5.41, 5.74) is 0.566. The number of hydrogen-bond donors (Lipinski definition) is 1. The maximum atomic E-state index is 12.7. The highest BCUT2D eigenvalue weighted by molar-refractivity contribution is 8.18. The summed E-state index contributed by atoms with van der Waals surface area (Å²) >= 11 is 0.756. The van der Waals surface area contributed by atoms with Crippen LogP contribution < -0.4 is 9.47 Å². The third kappa shape index (κ3) is 5.76. The van der Waals surface area contributed by atoms with Crippen LogP contribution in [0.4, 0.5) is 4.79 Å². The Labute approximate surface area is 182 Å². The van der Waals surface area contributed by atoms with E-state index in [1.165, 1.54) is 12.1 Å². The van der Waals surface area contributed by atoms with E-state index in [0.717, 1.165) is 16.7 Å². The van der Waals surface area contributed by atoms with Crippen LogP contribution in [0.2, 0.25) is 0 Å². The number of imide groups is 1. The normalized spacial score (nSPS) is 17.9. The minimum absolute atomic E-state index is 0.182. The molecule has 10 nitrogen and oxygen atoms in total. The molecule has 0 atom stereocenters. The maximum absolute atomic E-state index is 12.7. The highest BCUT2D eigenvalue weighted by atomic mass is 32.2. The standard InChI is InChI=1S/C20H22N2O8S/c1-2-29-15-9-13(3-4-14(15)30-12-18(24)25)10-16-19(26)22(20(27)31-16)11-17(23)21-5-7-28-8-6-21/h3-4,9-10H,2,5-8,11-12H2,1H3,(H,24,25)/b16-10+. The third-order valence-corrected chi connectivity index (χ3v) is 5.35. The van der Waals surface area contributed by atoms with Crippen LogP contribution in [0.1, 0.15) is 12.5 Å². The molecule has 3 amide bonds.